The van der Waals surface area contributed by atoms with Gasteiger partial charge in [0.1, 0.15) is 0 Å². The average molecular weight is 255 g/mol. The van der Waals surface area contributed by atoms with Gasteiger partial charge >= 0.3 is 5.97 Å². The first-order valence-corrected chi connectivity index (χ1v) is 5.89. The highest BCUT2D eigenvalue weighted by atomic mass is 19.3. The maximum absolute atomic E-state index is 12.6. The van der Waals surface area contributed by atoms with Gasteiger partial charge in [0, 0.05) is 18.2 Å². The summed E-state index contributed by atoms with van der Waals surface area (Å²) in [5, 5.41) is 8.82. The minimum atomic E-state index is -2.49. The summed E-state index contributed by atoms with van der Waals surface area (Å²) < 4.78 is 25.1. The number of carbonyl (C=O) groups is 1. The zero-order chi connectivity index (χ0) is 13.1. The van der Waals surface area contributed by atoms with Crippen LogP contribution in [0.15, 0.2) is 24.3 Å². The van der Waals surface area contributed by atoms with Crippen molar-refractivity contribution < 1.29 is 18.7 Å². The fraction of sp³-hybridized carbons (Fsp3) is 0.462. The van der Waals surface area contributed by atoms with Crippen LogP contribution in [-0.4, -0.2) is 28.6 Å². The molecule has 1 aliphatic carbocycles. The number of alkyl halides is 2. The van der Waals surface area contributed by atoms with E-state index in [9.17, 15) is 13.6 Å². The molecule has 1 aliphatic rings. The van der Waals surface area contributed by atoms with Gasteiger partial charge in [-0.05, 0) is 24.5 Å². The number of halogens is 2. The van der Waals surface area contributed by atoms with Crippen LogP contribution in [0.3, 0.4) is 0 Å². The van der Waals surface area contributed by atoms with E-state index in [1.807, 2.05) is 4.90 Å². The molecule has 5 heteroatoms. The molecule has 0 radical (unpaired) electrons. The van der Waals surface area contributed by atoms with Crippen LogP contribution in [0, 0.1) is 0 Å². The van der Waals surface area contributed by atoms with Crippen LogP contribution >= 0.6 is 0 Å². The van der Waals surface area contributed by atoms with Gasteiger partial charge < -0.3 is 5.11 Å². The molecule has 0 atom stereocenters. The molecule has 0 aliphatic heterocycles. The molecule has 0 amide bonds. The molecule has 1 aromatic carbocycles. The van der Waals surface area contributed by atoms with Crippen LogP contribution in [0.5, 0.6) is 0 Å². The lowest BCUT2D eigenvalue weighted by atomic mass is 10.1. The lowest BCUT2D eigenvalue weighted by Gasteiger charge is -2.20. The van der Waals surface area contributed by atoms with Crippen molar-refractivity contribution >= 4 is 5.97 Å². The summed E-state index contributed by atoms with van der Waals surface area (Å²) in [5.74, 6) is -0.882. The van der Waals surface area contributed by atoms with Crippen molar-refractivity contribution in [2.45, 2.75) is 31.9 Å². The number of carboxylic acids is 1. The number of nitrogens with zero attached hydrogens (tertiary/aromatic N) is 1. The second-order valence-corrected chi connectivity index (χ2v) is 4.58. The van der Waals surface area contributed by atoms with E-state index in [0.29, 0.717) is 6.54 Å². The van der Waals surface area contributed by atoms with Gasteiger partial charge in [0.15, 0.2) is 0 Å². The first-order chi connectivity index (χ1) is 8.56. The molecule has 1 saturated carbocycles. The SMILES string of the molecule is O=C(O)CN(Cc1cccc(C(F)F)c1)C1CC1. The van der Waals surface area contributed by atoms with E-state index in [4.69, 9.17) is 5.11 Å². The number of benzene rings is 1. The summed E-state index contributed by atoms with van der Waals surface area (Å²) in [7, 11) is 0. The molecule has 0 saturated heterocycles. The van der Waals surface area contributed by atoms with E-state index in [1.54, 1.807) is 12.1 Å². The van der Waals surface area contributed by atoms with Crippen LogP contribution in [-0.2, 0) is 11.3 Å². The van der Waals surface area contributed by atoms with Crippen molar-refractivity contribution in [3.05, 3.63) is 35.4 Å². The highest BCUT2D eigenvalue weighted by molar-refractivity contribution is 5.69. The quantitative estimate of drug-likeness (QED) is 0.849. The lowest BCUT2D eigenvalue weighted by molar-refractivity contribution is -0.138. The first kappa shape index (κ1) is 13.0. The fourth-order valence-electron chi connectivity index (χ4n) is 1.99. The number of rotatable bonds is 6. The molecular weight excluding hydrogens is 240 g/mol. The van der Waals surface area contributed by atoms with E-state index >= 15 is 0 Å². The number of aliphatic carboxylic acids is 1. The van der Waals surface area contributed by atoms with Gasteiger partial charge in [-0.2, -0.15) is 0 Å². The Labute approximate surface area is 104 Å². The van der Waals surface area contributed by atoms with Crippen molar-refractivity contribution in [2.24, 2.45) is 0 Å². The molecule has 0 bridgehead atoms. The van der Waals surface area contributed by atoms with Gasteiger partial charge in [-0.3, -0.25) is 9.69 Å². The topological polar surface area (TPSA) is 40.5 Å². The molecular formula is C13H15F2NO2. The summed E-state index contributed by atoms with van der Waals surface area (Å²) in [4.78, 5) is 12.6. The van der Waals surface area contributed by atoms with Gasteiger partial charge in [-0.25, -0.2) is 8.78 Å². The zero-order valence-corrected chi connectivity index (χ0v) is 9.85. The van der Waals surface area contributed by atoms with Crippen molar-refractivity contribution in [3.8, 4) is 0 Å². The van der Waals surface area contributed by atoms with Crippen molar-refractivity contribution in [2.75, 3.05) is 6.54 Å². The second kappa shape index (κ2) is 5.44. The minimum absolute atomic E-state index is 0.0152. The molecule has 0 heterocycles. The van der Waals surface area contributed by atoms with E-state index in [2.05, 4.69) is 0 Å². The smallest absolute Gasteiger partial charge is 0.317 e. The zero-order valence-electron chi connectivity index (χ0n) is 9.85. The van der Waals surface area contributed by atoms with E-state index in [-0.39, 0.29) is 18.2 Å². The molecule has 1 N–H and O–H groups in total. The molecule has 1 fully saturated rings. The second-order valence-electron chi connectivity index (χ2n) is 4.58. The van der Waals surface area contributed by atoms with Crippen LogP contribution in [0.4, 0.5) is 8.78 Å². The van der Waals surface area contributed by atoms with Gasteiger partial charge in [-0.1, -0.05) is 18.2 Å². The summed E-state index contributed by atoms with van der Waals surface area (Å²) >= 11 is 0. The summed E-state index contributed by atoms with van der Waals surface area (Å²) in [6, 6.07) is 6.46. The molecule has 2 rings (SSSR count). The van der Waals surface area contributed by atoms with Crippen molar-refractivity contribution in [1.82, 2.24) is 4.90 Å². The maximum atomic E-state index is 12.6. The molecule has 1 aromatic rings. The van der Waals surface area contributed by atoms with Crippen LogP contribution < -0.4 is 0 Å². The number of carboxylic acid groups (broad SMARTS) is 1. The van der Waals surface area contributed by atoms with Gasteiger partial charge in [-0.15, -0.1) is 0 Å². The highest BCUT2D eigenvalue weighted by Gasteiger charge is 2.30. The molecule has 98 valence electrons. The molecule has 3 nitrogen and oxygen atoms in total. The normalized spacial score (nSPS) is 15.3. The van der Waals surface area contributed by atoms with Gasteiger partial charge in [0.2, 0.25) is 0 Å². The third kappa shape index (κ3) is 3.50. The van der Waals surface area contributed by atoms with Gasteiger partial charge in [0.05, 0.1) is 6.54 Å². The lowest BCUT2D eigenvalue weighted by Crippen LogP contribution is -2.31. The Morgan fingerprint density at radius 2 is 2.17 bits per heavy atom. The van der Waals surface area contributed by atoms with Crippen LogP contribution in [0.1, 0.15) is 30.4 Å². The Balaban J connectivity index is 2.06. The Bertz CT molecular complexity index is 433. The minimum Gasteiger partial charge on any atom is -0.480 e. The Hall–Kier alpha value is -1.49. The monoisotopic (exact) mass is 255 g/mol. The predicted octanol–water partition coefficient (Wildman–Crippen LogP) is 2.67. The fourth-order valence-corrected chi connectivity index (χ4v) is 1.99. The third-order valence-electron chi connectivity index (χ3n) is 2.99. The molecule has 0 unspecified atom stereocenters. The number of hydrogen-bond donors (Lipinski definition) is 1. The average Bonchev–Trinajstić information content (AvgIpc) is 3.11. The molecule has 0 spiro atoms. The molecule has 0 aromatic heterocycles. The van der Waals surface area contributed by atoms with Crippen LogP contribution in [0.25, 0.3) is 0 Å². The van der Waals surface area contributed by atoms with E-state index in [1.165, 1.54) is 12.1 Å². The van der Waals surface area contributed by atoms with Crippen molar-refractivity contribution in [1.29, 1.82) is 0 Å². The van der Waals surface area contributed by atoms with Gasteiger partial charge in [0.25, 0.3) is 6.43 Å². The largest absolute Gasteiger partial charge is 0.480 e. The maximum Gasteiger partial charge on any atom is 0.317 e. The Morgan fingerprint density at radius 1 is 1.44 bits per heavy atom. The summed E-state index contributed by atoms with van der Waals surface area (Å²) in [5.41, 5.74) is 0.722. The van der Waals surface area contributed by atoms with E-state index in [0.717, 1.165) is 18.4 Å². The number of hydrogen-bond acceptors (Lipinski definition) is 2. The summed E-state index contributed by atoms with van der Waals surface area (Å²) in [6.07, 6.45) is -0.511. The summed E-state index contributed by atoms with van der Waals surface area (Å²) in [6.45, 7) is 0.376. The Morgan fingerprint density at radius 3 is 2.72 bits per heavy atom. The van der Waals surface area contributed by atoms with Crippen molar-refractivity contribution in [3.63, 3.8) is 0 Å². The molecule has 18 heavy (non-hydrogen) atoms. The van der Waals surface area contributed by atoms with Crippen LogP contribution in [0.2, 0.25) is 0 Å². The van der Waals surface area contributed by atoms with E-state index < -0.39 is 12.4 Å². The Kier molecular flexibility index (Phi) is 3.91. The third-order valence-corrected chi connectivity index (χ3v) is 2.99. The predicted molar refractivity (Wildman–Crippen MR) is 62.5 cm³/mol. The first-order valence-electron chi connectivity index (χ1n) is 5.89. The standard InChI is InChI=1S/C13H15F2NO2/c14-13(15)10-3-1-2-9(6-10)7-16(8-12(17)18)11-4-5-11/h1-3,6,11,13H,4-5,7-8H2,(H,17,18). The highest BCUT2D eigenvalue weighted by Crippen LogP contribution is 2.28.